The van der Waals surface area contributed by atoms with E-state index in [-0.39, 0.29) is 0 Å². The van der Waals surface area contributed by atoms with Gasteiger partial charge in [-0.15, -0.1) is 11.3 Å². The largest absolute Gasteiger partial charge is 0.461 e. The monoisotopic (exact) mass is 347 g/mol. The van der Waals surface area contributed by atoms with Gasteiger partial charge in [0.25, 0.3) is 0 Å². The molecule has 0 bridgehead atoms. The summed E-state index contributed by atoms with van der Waals surface area (Å²) in [7, 11) is 1.85. The fraction of sp³-hybridized carbons (Fsp3) is 0.188. The van der Waals surface area contributed by atoms with E-state index in [4.69, 9.17) is 16.3 Å². The van der Waals surface area contributed by atoms with Gasteiger partial charge < -0.3 is 4.74 Å². The smallest absolute Gasteiger partial charge is 0.357 e. The third kappa shape index (κ3) is 3.97. The van der Waals surface area contributed by atoms with E-state index < -0.39 is 5.97 Å². The lowest BCUT2D eigenvalue weighted by molar-refractivity contribution is 0.0503. The molecule has 118 valence electrons. The lowest BCUT2D eigenvalue weighted by Gasteiger charge is -2.01. The topological polar surface area (TPSA) is 57.0 Å². The number of halogens is 1. The number of aromatic nitrogens is 3. The third-order valence-corrected chi connectivity index (χ3v) is 4.29. The summed E-state index contributed by atoms with van der Waals surface area (Å²) >= 11 is 7.36. The Morgan fingerprint density at radius 1 is 1.43 bits per heavy atom. The molecule has 0 spiro atoms. The van der Waals surface area contributed by atoms with Crippen molar-refractivity contribution in [1.82, 2.24) is 14.8 Å². The van der Waals surface area contributed by atoms with Crippen LogP contribution in [0.1, 0.15) is 16.1 Å². The number of rotatable bonds is 5. The van der Waals surface area contributed by atoms with Crippen LogP contribution in [0, 0.1) is 0 Å². The molecule has 3 rings (SSSR count). The number of carbonyl (C=O) groups excluding carboxylic acids is 1. The van der Waals surface area contributed by atoms with Crippen molar-refractivity contribution in [2.45, 2.75) is 6.42 Å². The Kier molecular flexibility index (Phi) is 4.73. The van der Waals surface area contributed by atoms with Crippen LogP contribution < -0.4 is 0 Å². The van der Waals surface area contributed by atoms with Crippen molar-refractivity contribution < 1.29 is 9.53 Å². The number of nitrogens with zero attached hydrogens (tertiary/aromatic N) is 3. The maximum Gasteiger partial charge on any atom is 0.357 e. The number of hydrogen-bond acceptors (Lipinski definition) is 5. The van der Waals surface area contributed by atoms with E-state index in [1.165, 1.54) is 11.3 Å². The Morgan fingerprint density at radius 3 is 3.04 bits per heavy atom. The summed E-state index contributed by atoms with van der Waals surface area (Å²) in [6, 6.07) is 7.37. The van der Waals surface area contributed by atoms with Crippen LogP contribution in [0.25, 0.3) is 10.6 Å². The molecule has 23 heavy (non-hydrogen) atoms. The summed E-state index contributed by atoms with van der Waals surface area (Å²) in [5, 5.41) is 7.15. The van der Waals surface area contributed by atoms with Crippen LogP contribution in [-0.2, 0) is 18.2 Å². The van der Waals surface area contributed by atoms with Gasteiger partial charge in [0.1, 0.15) is 5.01 Å². The molecular weight excluding hydrogens is 334 g/mol. The Labute approximate surface area is 142 Å². The second kappa shape index (κ2) is 6.93. The van der Waals surface area contributed by atoms with Gasteiger partial charge in [-0.05, 0) is 17.7 Å². The molecule has 0 unspecified atom stereocenters. The summed E-state index contributed by atoms with van der Waals surface area (Å²) in [6.07, 6.45) is 4.28. The standard InChI is InChI=1S/C16H14ClN3O2S/c1-20-9-11(8-18-20)5-6-22-16(21)14-10-23-15(19-14)12-3-2-4-13(17)7-12/h2-4,7-10H,5-6H2,1H3. The molecule has 0 saturated carbocycles. The number of carbonyl (C=O) groups is 1. The molecule has 2 aromatic heterocycles. The first-order valence-corrected chi connectivity index (χ1v) is 8.24. The number of ether oxygens (including phenoxy) is 1. The van der Waals surface area contributed by atoms with Crippen molar-refractivity contribution in [1.29, 1.82) is 0 Å². The lowest BCUT2D eigenvalue weighted by Crippen LogP contribution is -2.08. The van der Waals surface area contributed by atoms with Gasteiger partial charge in [0.05, 0.1) is 12.8 Å². The van der Waals surface area contributed by atoms with E-state index in [9.17, 15) is 4.79 Å². The van der Waals surface area contributed by atoms with Crippen molar-refractivity contribution in [3.8, 4) is 10.6 Å². The molecule has 7 heteroatoms. The molecule has 0 saturated heterocycles. The number of hydrogen-bond donors (Lipinski definition) is 0. The minimum Gasteiger partial charge on any atom is -0.461 e. The fourth-order valence-electron chi connectivity index (χ4n) is 2.06. The predicted octanol–water partition coefficient (Wildman–Crippen LogP) is 3.60. The maximum atomic E-state index is 12.0. The van der Waals surface area contributed by atoms with Gasteiger partial charge in [-0.1, -0.05) is 23.7 Å². The summed E-state index contributed by atoms with van der Waals surface area (Å²) in [6.45, 7) is 0.300. The third-order valence-electron chi connectivity index (χ3n) is 3.17. The molecule has 0 fully saturated rings. The van der Waals surface area contributed by atoms with Crippen molar-refractivity contribution in [3.63, 3.8) is 0 Å². The van der Waals surface area contributed by atoms with Crippen molar-refractivity contribution in [2.75, 3.05) is 6.61 Å². The van der Waals surface area contributed by atoms with Crippen LogP contribution in [-0.4, -0.2) is 27.3 Å². The van der Waals surface area contributed by atoms with E-state index in [1.807, 2.05) is 31.4 Å². The average molecular weight is 348 g/mol. The molecule has 1 aromatic carbocycles. The predicted molar refractivity (Wildman–Crippen MR) is 89.8 cm³/mol. The van der Waals surface area contributed by atoms with Gasteiger partial charge in [-0.2, -0.15) is 5.10 Å². The van der Waals surface area contributed by atoms with Gasteiger partial charge >= 0.3 is 5.97 Å². The molecule has 0 aliphatic carbocycles. The first-order chi connectivity index (χ1) is 11.1. The van der Waals surface area contributed by atoms with E-state index in [1.54, 1.807) is 22.3 Å². The van der Waals surface area contributed by atoms with Crippen molar-refractivity contribution >= 4 is 28.9 Å². The van der Waals surface area contributed by atoms with Crippen LogP contribution in [0.5, 0.6) is 0 Å². The van der Waals surface area contributed by atoms with Crippen LogP contribution in [0.15, 0.2) is 42.0 Å². The Hall–Kier alpha value is -2.18. The van der Waals surface area contributed by atoms with E-state index >= 15 is 0 Å². The Morgan fingerprint density at radius 2 is 2.30 bits per heavy atom. The number of esters is 1. The quantitative estimate of drug-likeness (QED) is 0.662. The summed E-state index contributed by atoms with van der Waals surface area (Å²) in [4.78, 5) is 16.3. The van der Waals surface area contributed by atoms with Crippen molar-refractivity contribution in [2.24, 2.45) is 7.05 Å². The maximum absolute atomic E-state index is 12.0. The second-order valence-corrected chi connectivity index (χ2v) is 6.25. The highest BCUT2D eigenvalue weighted by molar-refractivity contribution is 7.13. The lowest BCUT2D eigenvalue weighted by atomic mass is 10.2. The molecule has 0 atom stereocenters. The SMILES string of the molecule is Cn1cc(CCOC(=O)c2csc(-c3cccc(Cl)c3)n2)cn1. The number of aryl methyl sites for hydroxylation is 1. The molecule has 0 radical (unpaired) electrons. The first-order valence-electron chi connectivity index (χ1n) is 6.98. The highest BCUT2D eigenvalue weighted by Gasteiger charge is 2.13. The summed E-state index contributed by atoms with van der Waals surface area (Å²) in [5.41, 5.74) is 2.23. The van der Waals surface area contributed by atoms with Crippen LogP contribution in [0.2, 0.25) is 5.02 Å². The minimum absolute atomic E-state index is 0.300. The van der Waals surface area contributed by atoms with Gasteiger partial charge in [0, 0.05) is 35.6 Å². The Bertz CT molecular complexity index is 828. The van der Waals surface area contributed by atoms with Crippen LogP contribution in [0.4, 0.5) is 0 Å². The molecule has 0 amide bonds. The zero-order chi connectivity index (χ0) is 16.2. The van der Waals surface area contributed by atoms with Gasteiger partial charge in [-0.25, -0.2) is 9.78 Å². The molecule has 0 aliphatic rings. The van der Waals surface area contributed by atoms with E-state index in [0.29, 0.717) is 23.7 Å². The van der Waals surface area contributed by atoms with Crippen molar-refractivity contribution in [3.05, 3.63) is 58.3 Å². The number of benzene rings is 1. The van der Waals surface area contributed by atoms with Gasteiger partial charge in [0.15, 0.2) is 5.69 Å². The molecular formula is C16H14ClN3O2S. The zero-order valence-electron chi connectivity index (χ0n) is 12.4. The normalized spacial score (nSPS) is 10.7. The summed E-state index contributed by atoms with van der Waals surface area (Å²) < 4.78 is 6.97. The van der Waals surface area contributed by atoms with Gasteiger partial charge in [0.2, 0.25) is 0 Å². The molecule has 3 aromatic rings. The molecule has 0 N–H and O–H groups in total. The minimum atomic E-state index is -0.418. The fourth-order valence-corrected chi connectivity index (χ4v) is 3.03. The van der Waals surface area contributed by atoms with E-state index in [0.717, 1.165) is 16.1 Å². The second-order valence-electron chi connectivity index (χ2n) is 4.96. The first kappa shape index (κ1) is 15.7. The van der Waals surface area contributed by atoms with Crippen LogP contribution in [0.3, 0.4) is 0 Å². The highest BCUT2D eigenvalue weighted by atomic mass is 35.5. The molecule has 2 heterocycles. The van der Waals surface area contributed by atoms with Crippen LogP contribution >= 0.6 is 22.9 Å². The summed E-state index contributed by atoms with van der Waals surface area (Å²) in [5.74, 6) is -0.418. The number of thiazole rings is 1. The molecule has 5 nitrogen and oxygen atoms in total. The molecule has 0 aliphatic heterocycles. The zero-order valence-corrected chi connectivity index (χ0v) is 14.0. The Balaban J connectivity index is 1.60. The van der Waals surface area contributed by atoms with E-state index in [2.05, 4.69) is 10.1 Å². The average Bonchev–Trinajstić information content (AvgIpc) is 3.16. The van der Waals surface area contributed by atoms with Gasteiger partial charge in [-0.3, -0.25) is 4.68 Å². The highest BCUT2D eigenvalue weighted by Crippen LogP contribution is 2.26.